The second-order valence-corrected chi connectivity index (χ2v) is 7.78. The molecule has 1 saturated heterocycles. The summed E-state index contributed by atoms with van der Waals surface area (Å²) in [6.07, 6.45) is -0.632. The minimum Gasteiger partial charge on any atom is -0.387 e. The van der Waals surface area contributed by atoms with Crippen LogP contribution in [0.15, 0.2) is 36.9 Å². The number of imidazole rings is 1. The molecule has 0 saturated carbocycles. The van der Waals surface area contributed by atoms with Gasteiger partial charge in [0.05, 0.1) is 12.9 Å². The molecule has 2 aromatic heterocycles. The first-order valence-corrected chi connectivity index (χ1v) is 9.82. The van der Waals surface area contributed by atoms with E-state index in [1.807, 2.05) is 18.2 Å². The zero-order valence-electron chi connectivity index (χ0n) is 15.1. The maximum absolute atomic E-state index is 10.4. The first-order chi connectivity index (χ1) is 13.6. The van der Waals surface area contributed by atoms with Gasteiger partial charge in [0.2, 0.25) is 0 Å². The van der Waals surface area contributed by atoms with Crippen molar-refractivity contribution in [2.24, 2.45) is 0 Å². The van der Waals surface area contributed by atoms with E-state index in [1.165, 1.54) is 19.8 Å². The molecule has 0 spiro atoms. The van der Waals surface area contributed by atoms with E-state index >= 15 is 0 Å². The molecule has 1 fully saturated rings. The number of aromatic nitrogens is 4. The quantitative estimate of drug-likeness (QED) is 0.437. The molecule has 9 nitrogen and oxygen atoms in total. The fourth-order valence-corrected chi connectivity index (χ4v) is 3.87. The molecule has 28 heavy (non-hydrogen) atoms. The van der Waals surface area contributed by atoms with E-state index in [9.17, 15) is 10.2 Å². The maximum Gasteiger partial charge on any atom is 0.167 e. The van der Waals surface area contributed by atoms with Gasteiger partial charge in [-0.25, -0.2) is 15.0 Å². The highest BCUT2D eigenvalue weighted by atomic mass is 127. The minimum absolute atomic E-state index is 0.180. The molecule has 10 heteroatoms. The van der Waals surface area contributed by atoms with E-state index in [4.69, 9.17) is 9.47 Å². The van der Waals surface area contributed by atoms with Crippen molar-refractivity contribution in [2.45, 2.75) is 31.1 Å². The molecule has 1 aliphatic heterocycles. The van der Waals surface area contributed by atoms with Crippen LogP contribution in [0.2, 0.25) is 0 Å². The van der Waals surface area contributed by atoms with Crippen LogP contribution < -0.4 is 5.32 Å². The SMILES string of the molecule is COC[C@H]1O[C@@H](n2cnc3c(NCc4cccc(I)c4)ncnc32)[C@H](O)[C@@H]1O. The van der Waals surface area contributed by atoms with Crippen molar-refractivity contribution < 1.29 is 19.7 Å². The molecule has 148 valence electrons. The number of nitrogens with one attached hydrogen (secondary N) is 1. The van der Waals surface area contributed by atoms with Crippen LogP contribution in [0.4, 0.5) is 5.82 Å². The Balaban J connectivity index is 1.58. The second kappa shape index (κ2) is 8.25. The Morgan fingerprint density at radius 1 is 1.25 bits per heavy atom. The Hall–Kier alpha value is -1.86. The smallest absolute Gasteiger partial charge is 0.167 e. The monoisotopic (exact) mass is 497 g/mol. The van der Waals surface area contributed by atoms with Gasteiger partial charge in [0.1, 0.15) is 24.6 Å². The zero-order valence-corrected chi connectivity index (χ0v) is 17.2. The molecule has 0 unspecified atom stereocenters. The van der Waals surface area contributed by atoms with Gasteiger partial charge >= 0.3 is 0 Å². The number of halogens is 1. The fourth-order valence-electron chi connectivity index (χ4n) is 3.26. The number of aliphatic hydroxyl groups is 2. The van der Waals surface area contributed by atoms with Crippen molar-refractivity contribution in [1.82, 2.24) is 19.5 Å². The number of hydrogen-bond donors (Lipinski definition) is 3. The van der Waals surface area contributed by atoms with Crippen LogP contribution in [0.5, 0.6) is 0 Å². The van der Waals surface area contributed by atoms with Crippen LogP contribution >= 0.6 is 22.6 Å². The highest BCUT2D eigenvalue weighted by Crippen LogP contribution is 2.32. The Labute approximate surface area is 174 Å². The van der Waals surface area contributed by atoms with Crippen molar-refractivity contribution in [3.8, 4) is 0 Å². The molecule has 3 N–H and O–H groups in total. The standard InChI is InChI=1S/C18H20IN5O4/c1-27-7-12-14(25)15(26)18(28-12)24-9-23-13-16(21-8-22-17(13)24)20-6-10-3-2-4-11(19)5-10/h2-5,8-9,12,14-15,18,25-26H,6-7H2,1H3,(H,20,21,22)/t12-,14-,15-,18-/m1/s1. The molecule has 3 heterocycles. The number of hydrogen-bond acceptors (Lipinski definition) is 8. The number of rotatable bonds is 6. The number of aliphatic hydroxyl groups excluding tert-OH is 2. The predicted octanol–water partition coefficient (Wildman–Crippen LogP) is 1.31. The second-order valence-electron chi connectivity index (χ2n) is 6.53. The van der Waals surface area contributed by atoms with Gasteiger partial charge in [-0.05, 0) is 40.3 Å². The van der Waals surface area contributed by atoms with Gasteiger partial charge in [-0.2, -0.15) is 0 Å². The van der Waals surface area contributed by atoms with Gasteiger partial charge in [-0.3, -0.25) is 4.57 Å². The number of fused-ring (bicyclic) bond motifs is 1. The Morgan fingerprint density at radius 2 is 2.11 bits per heavy atom. The summed E-state index contributed by atoms with van der Waals surface area (Å²) in [7, 11) is 1.52. The molecule has 0 amide bonds. The van der Waals surface area contributed by atoms with Crippen molar-refractivity contribution >= 4 is 39.6 Å². The van der Waals surface area contributed by atoms with Gasteiger partial charge in [0.15, 0.2) is 23.2 Å². The molecule has 0 bridgehead atoms. The van der Waals surface area contributed by atoms with Crippen LogP contribution in [-0.2, 0) is 16.0 Å². The lowest BCUT2D eigenvalue weighted by molar-refractivity contribution is -0.0580. The van der Waals surface area contributed by atoms with Crippen LogP contribution in [0, 0.1) is 3.57 Å². The summed E-state index contributed by atoms with van der Waals surface area (Å²) >= 11 is 2.27. The van der Waals surface area contributed by atoms with Crippen LogP contribution in [0.25, 0.3) is 11.2 Å². The van der Waals surface area contributed by atoms with Crippen molar-refractivity contribution in [2.75, 3.05) is 19.0 Å². The summed E-state index contributed by atoms with van der Waals surface area (Å²) in [5.41, 5.74) is 2.20. The highest BCUT2D eigenvalue weighted by molar-refractivity contribution is 14.1. The van der Waals surface area contributed by atoms with Crippen molar-refractivity contribution in [3.05, 3.63) is 46.1 Å². The lowest BCUT2D eigenvalue weighted by Gasteiger charge is -2.16. The highest BCUT2D eigenvalue weighted by Gasteiger charge is 2.44. The molecular formula is C18H20IN5O4. The largest absolute Gasteiger partial charge is 0.387 e. The summed E-state index contributed by atoms with van der Waals surface area (Å²) in [5, 5.41) is 23.9. The third-order valence-corrected chi connectivity index (χ3v) is 5.32. The van der Waals surface area contributed by atoms with Gasteiger partial charge in [-0.1, -0.05) is 12.1 Å². The molecule has 1 aliphatic rings. The van der Waals surface area contributed by atoms with E-state index in [2.05, 4.69) is 48.9 Å². The summed E-state index contributed by atoms with van der Waals surface area (Å²) in [6.45, 7) is 0.770. The Morgan fingerprint density at radius 3 is 2.89 bits per heavy atom. The van der Waals surface area contributed by atoms with E-state index in [0.29, 0.717) is 23.5 Å². The van der Waals surface area contributed by atoms with E-state index in [-0.39, 0.29) is 6.61 Å². The van der Waals surface area contributed by atoms with Gasteiger partial charge < -0.3 is 25.0 Å². The predicted molar refractivity (Wildman–Crippen MR) is 110 cm³/mol. The van der Waals surface area contributed by atoms with Crippen molar-refractivity contribution in [3.63, 3.8) is 0 Å². The van der Waals surface area contributed by atoms with E-state index < -0.39 is 24.5 Å². The van der Waals surface area contributed by atoms with Gasteiger partial charge in [0.25, 0.3) is 0 Å². The summed E-state index contributed by atoms with van der Waals surface area (Å²) in [6, 6.07) is 8.16. The minimum atomic E-state index is -1.12. The summed E-state index contributed by atoms with van der Waals surface area (Å²) in [5.74, 6) is 0.587. The number of anilines is 1. The summed E-state index contributed by atoms with van der Waals surface area (Å²) < 4.78 is 13.6. The number of benzene rings is 1. The van der Waals surface area contributed by atoms with Crippen LogP contribution in [0.3, 0.4) is 0 Å². The number of nitrogens with zero attached hydrogens (tertiary/aromatic N) is 4. The normalized spacial score (nSPS) is 24.7. The molecule has 3 aromatic rings. The lowest BCUT2D eigenvalue weighted by atomic mass is 10.1. The van der Waals surface area contributed by atoms with Crippen molar-refractivity contribution in [1.29, 1.82) is 0 Å². The third-order valence-electron chi connectivity index (χ3n) is 4.65. The Bertz CT molecular complexity index is 968. The molecule has 0 aliphatic carbocycles. The van der Waals surface area contributed by atoms with Gasteiger partial charge in [-0.15, -0.1) is 0 Å². The molecular weight excluding hydrogens is 477 g/mol. The average Bonchev–Trinajstić information content (AvgIpc) is 3.23. The first-order valence-electron chi connectivity index (χ1n) is 8.75. The Kier molecular flexibility index (Phi) is 5.73. The van der Waals surface area contributed by atoms with Crippen LogP contribution in [-0.4, -0.2) is 61.8 Å². The van der Waals surface area contributed by atoms with E-state index in [0.717, 1.165) is 9.13 Å². The third kappa shape index (κ3) is 3.70. The fraction of sp³-hybridized carbons (Fsp3) is 0.389. The molecule has 4 rings (SSSR count). The number of methoxy groups -OCH3 is 1. The molecule has 1 aromatic carbocycles. The molecule has 4 atom stereocenters. The molecule has 0 radical (unpaired) electrons. The zero-order chi connectivity index (χ0) is 19.7. The lowest BCUT2D eigenvalue weighted by Crippen LogP contribution is -2.33. The van der Waals surface area contributed by atoms with E-state index in [1.54, 1.807) is 4.57 Å². The topological polar surface area (TPSA) is 115 Å². The van der Waals surface area contributed by atoms with Crippen LogP contribution in [0.1, 0.15) is 11.8 Å². The summed E-state index contributed by atoms with van der Waals surface area (Å²) in [4.78, 5) is 13.0. The van der Waals surface area contributed by atoms with Gasteiger partial charge in [0, 0.05) is 17.2 Å². The maximum atomic E-state index is 10.4. The first kappa shape index (κ1) is 19.5. The average molecular weight is 497 g/mol. The number of ether oxygens (including phenoxy) is 2.